The summed E-state index contributed by atoms with van der Waals surface area (Å²) < 4.78 is 5.74. The van der Waals surface area contributed by atoms with Crippen LogP contribution in [0.25, 0.3) is 0 Å². The van der Waals surface area contributed by atoms with Crippen molar-refractivity contribution in [2.45, 2.75) is 65.2 Å². The first-order valence-electron chi connectivity index (χ1n) is 9.80. The molecule has 1 aliphatic carbocycles. The molecule has 1 aromatic carbocycles. The number of unbranched alkanes of at least 4 members (excludes halogenated alkanes) is 1. The summed E-state index contributed by atoms with van der Waals surface area (Å²) in [5.41, 5.74) is 2.02. The molecule has 0 bridgehead atoms. The van der Waals surface area contributed by atoms with Gasteiger partial charge in [0.15, 0.2) is 0 Å². The van der Waals surface area contributed by atoms with Crippen LogP contribution in [0, 0.1) is 11.8 Å². The van der Waals surface area contributed by atoms with Gasteiger partial charge in [0.1, 0.15) is 5.75 Å². The summed E-state index contributed by atoms with van der Waals surface area (Å²) in [4.78, 5) is 12.7. The zero-order chi connectivity index (χ0) is 18.1. The van der Waals surface area contributed by atoms with Gasteiger partial charge in [-0.05, 0) is 62.6 Å². The molecule has 0 saturated heterocycles. The Morgan fingerprint density at radius 1 is 1.24 bits per heavy atom. The minimum atomic E-state index is 0.148. The molecular formula is C21H32BrNO2. The molecule has 0 heterocycles. The molecule has 0 aromatic heterocycles. The smallest absolute Gasteiger partial charge is 0.227 e. The van der Waals surface area contributed by atoms with E-state index in [1.165, 1.54) is 37.7 Å². The normalized spacial score (nSPS) is 20.3. The third-order valence-electron chi connectivity index (χ3n) is 5.17. The lowest BCUT2D eigenvalue weighted by Crippen LogP contribution is -2.27. The van der Waals surface area contributed by atoms with E-state index in [0.717, 1.165) is 41.9 Å². The van der Waals surface area contributed by atoms with E-state index in [9.17, 15) is 4.79 Å². The van der Waals surface area contributed by atoms with Crippen molar-refractivity contribution in [3.8, 4) is 5.75 Å². The van der Waals surface area contributed by atoms with E-state index in [2.05, 4.69) is 34.2 Å². The monoisotopic (exact) mass is 409 g/mol. The molecule has 0 unspecified atom stereocenters. The Morgan fingerprint density at radius 2 is 2.00 bits per heavy atom. The largest absolute Gasteiger partial charge is 0.492 e. The predicted octanol–water partition coefficient (Wildman–Crippen LogP) is 5.96. The molecule has 1 aromatic rings. The third-order valence-corrected chi connectivity index (χ3v) is 5.57. The van der Waals surface area contributed by atoms with Crippen molar-refractivity contribution < 1.29 is 9.53 Å². The minimum Gasteiger partial charge on any atom is -0.492 e. The molecule has 1 fully saturated rings. The highest BCUT2D eigenvalue weighted by atomic mass is 79.9. The quantitative estimate of drug-likeness (QED) is 0.511. The second-order valence-corrected chi connectivity index (χ2v) is 7.84. The Hall–Kier alpha value is -1.03. The lowest BCUT2D eigenvalue weighted by Gasteiger charge is -2.28. The van der Waals surface area contributed by atoms with Crippen LogP contribution < -0.4 is 10.1 Å². The predicted molar refractivity (Wildman–Crippen MR) is 109 cm³/mol. The molecule has 0 atom stereocenters. The average Bonchev–Trinajstić information content (AvgIpc) is 2.63. The molecule has 1 aliphatic rings. The Bertz CT molecular complexity index is 539. The zero-order valence-corrected chi connectivity index (χ0v) is 17.2. The van der Waals surface area contributed by atoms with E-state index in [1.54, 1.807) is 0 Å². The Balaban J connectivity index is 1.93. The van der Waals surface area contributed by atoms with Gasteiger partial charge in [0, 0.05) is 11.2 Å². The number of carbonyl (C=O) groups is 1. The number of benzene rings is 1. The van der Waals surface area contributed by atoms with E-state index >= 15 is 0 Å². The van der Waals surface area contributed by atoms with Crippen molar-refractivity contribution in [1.29, 1.82) is 0 Å². The van der Waals surface area contributed by atoms with Crippen LogP contribution in [-0.2, 0) is 11.2 Å². The second-order valence-electron chi connectivity index (χ2n) is 7.05. The minimum absolute atomic E-state index is 0.148. The maximum absolute atomic E-state index is 12.7. The van der Waals surface area contributed by atoms with Crippen LogP contribution in [0.4, 0.5) is 5.69 Å². The van der Waals surface area contributed by atoms with Crippen molar-refractivity contribution in [3.63, 3.8) is 0 Å². The summed E-state index contributed by atoms with van der Waals surface area (Å²) in [5, 5.41) is 4.04. The number of halogens is 1. The third kappa shape index (κ3) is 6.32. The van der Waals surface area contributed by atoms with Gasteiger partial charge in [-0.3, -0.25) is 4.79 Å². The van der Waals surface area contributed by atoms with Crippen molar-refractivity contribution >= 4 is 27.5 Å². The highest BCUT2D eigenvalue weighted by Crippen LogP contribution is 2.34. The lowest BCUT2D eigenvalue weighted by molar-refractivity contribution is -0.121. The van der Waals surface area contributed by atoms with Crippen LogP contribution in [-0.4, -0.2) is 17.8 Å². The molecule has 1 amide bonds. The molecule has 25 heavy (non-hydrogen) atoms. The summed E-state index contributed by atoms with van der Waals surface area (Å²) in [5.74, 6) is 1.91. The van der Waals surface area contributed by atoms with Crippen LogP contribution >= 0.6 is 15.9 Å². The Labute approximate surface area is 161 Å². The molecule has 0 aliphatic heterocycles. The number of carbonyl (C=O) groups excluding carboxylic acids is 1. The molecule has 0 spiro atoms. The van der Waals surface area contributed by atoms with Crippen molar-refractivity contribution in [1.82, 2.24) is 0 Å². The van der Waals surface area contributed by atoms with Crippen LogP contribution in [0.2, 0.25) is 0 Å². The highest BCUT2D eigenvalue weighted by Gasteiger charge is 2.26. The van der Waals surface area contributed by atoms with Crippen molar-refractivity contribution in [2.75, 3.05) is 17.3 Å². The molecule has 4 heteroatoms. The fourth-order valence-corrected chi connectivity index (χ4v) is 4.11. The topological polar surface area (TPSA) is 38.3 Å². The maximum atomic E-state index is 12.7. The number of rotatable bonds is 9. The number of hydrogen-bond donors (Lipinski definition) is 1. The zero-order valence-electron chi connectivity index (χ0n) is 15.7. The fraction of sp³-hybridized carbons (Fsp3) is 0.667. The number of nitrogens with one attached hydrogen (secondary N) is 1. The first-order chi connectivity index (χ1) is 12.2. The molecule has 140 valence electrons. The van der Waals surface area contributed by atoms with Gasteiger partial charge in [-0.1, -0.05) is 48.2 Å². The summed E-state index contributed by atoms with van der Waals surface area (Å²) in [7, 11) is 0. The van der Waals surface area contributed by atoms with E-state index in [4.69, 9.17) is 4.74 Å². The van der Waals surface area contributed by atoms with E-state index in [1.807, 2.05) is 19.1 Å². The Morgan fingerprint density at radius 3 is 2.64 bits per heavy atom. The van der Waals surface area contributed by atoms with E-state index in [-0.39, 0.29) is 11.8 Å². The van der Waals surface area contributed by atoms with Gasteiger partial charge in [0.25, 0.3) is 0 Å². The number of aryl methyl sites for hydroxylation is 1. The van der Waals surface area contributed by atoms with Gasteiger partial charge in [0.2, 0.25) is 5.91 Å². The van der Waals surface area contributed by atoms with Gasteiger partial charge in [-0.15, -0.1) is 0 Å². The number of ether oxygens (including phenoxy) is 1. The first-order valence-corrected chi connectivity index (χ1v) is 10.9. The van der Waals surface area contributed by atoms with E-state index < -0.39 is 0 Å². The number of anilines is 1. The number of amides is 1. The molecule has 3 nitrogen and oxygen atoms in total. The van der Waals surface area contributed by atoms with Gasteiger partial charge in [0.05, 0.1) is 12.3 Å². The average molecular weight is 410 g/mol. The van der Waals surface area contributed by atoms with Gasteiger partial charge < -0.3 is 10.1 Å². The molecule has 1 saturated carbocycles. The molecule has 1 N–H and O–H groups in total. The summed E-state index contributed by atoms with van der Waals surface area (Å²) >= 11 is 3.47. The van der Waals surface area contributed by atoms with Crippen LogP contribution in [0.3, 0.4) is 0 Å². The van der Waals surface area contributed by atoms with Crippen molar-refractivity contribution in [3.05, 3.63) is 23.8 Å². The van der Waals surface area contributed by atoms with E-state index in [0.29, 0.717) is 6.61 Å². The van der Waals surface area contributed by atoms with Gasteiger partial charge in [-0.25, -0.2) is 0 Å². The lowest BCUT2D eigenvalue weighted by atomic mass is 9.79. The Kier molecular flexibility index (Phi) is 8.80. The van der Waals surface area contributed by atoms with Gasteiger partial charge >= 0.3 is 0 Å². The molecule has 2 rings (SSSR count). The van der Waals surface area contributed by atoms with Crippen LogP contribution in [0.1, 0.15) is 64.4 Å². The molecule has 0 radical (unpaired) electrons. The maximum Gasteiger partial charge on any atom is 0.227 e. The highest BCUT2D eigenvalue weighted by molar-refractivity contribution is 9.09. The van der Waals surface area contributed by atoms with Gasteiger partial charge in [-0.2, -0.15) is 0 Å². The fourth-order valence-electron chi connectivity index (χ4n) is 3.65. The van der Waals surface area contributed by atoms with Crippen LogP contribution in [0.5, 0.6) is 5.75 Å². The summed E-state index contributed by atoms with van der Waals surface area (Å²) in [6, 6.07) is 6.09. The number of alkyl halides is 1. The standard InChI is InChI=1S/C21H32BrNO2/c1-3-5-6-16-7-10-18(11-8-16)21(24)23-19-12-9-17(13-14-22)15-20(19)25-4-2/h9,12,15-16,18H,3-8,10-11,13-14H2,1-2H3,(H,23,24). The van der Waals surface area contributed by atoms with Crippen molar-refractivity contribution in [2.24, 2.45) is 11.8 Å². The van der Waals surface area contributed by atoms with Crippen LogP contribution in [0.15, 0.2) is 18.2 Å². The second kappa shape index (κ2) is 10.8. The summed E-state index contributed by atoms with van der Waals surface area (Å²) in [6.07, 6.45) is 9.30. The first kappa shape index (κ1) is 20.3. The summed E-state index contributed by atoms with van der Waals surface area (Å²) in [6.45, 7) is 4.82. The SMILES string of the molecule is CCCCC1CCC(C(=O)Nc2ccc(CCBr)cc2OCC)CC1. The number of hydrogen-bond acceptors (Lipinski definition) is 2. The molecular weight excluding hydrogens is 378 g/mol.